The van der Waals surface area contributed by atoms with E-state index in [0.29, 0.717) is 0 Å². The Morgan fingerprint density at radius 2 is 2.00 bits per heavy atom. The van der Waals surface area contributed by atoms with Crippen molar-refractivity contribution in [2.45, 2.75) is 12.1 Å². The van der Waals surface area contributed by atoms with Crippen LogP contribution in [0.4, 0.5) is 13.2 Å². The van der Waals surface area contributed by atoms with Crippen molar-refractivity contribution in [3.05, 3.63) is 29.8 Å². The van der Waals surface area contributed by atoms with Crippen LogP contribution in [0.15, 0.2) is 24.3 Å². The summed E-state index contributed by atoms with van der Waals surface area (Å²) >= 11 is 0. The van der Waals surface area contributed by atoms with Crippen LogP contribution in [0, 0.1) is 0 Å². The highest BCUT2D eigenvalue weighted by Gasteiger charge is 2.50. The Hall–Kier alpha value is -1.72. The Morgan fingerprint density at radius 3 is 2.50 bits per heavy atom. The minimum absolute atomic E-state index is 0.115. The van der Waals surface area contributed by atoms with Gasteiger partial charge in [0.05, 0.1) is 7.11 Å². The molecule has 1 N–H and O–H groups in total. The molecule has 0 bridgehead atoms. The summed E-state index contributed by atoms with van der Waals surface area (Å²) in [6.07, 6.45) is -2.94. The molecule has 1 unspecified atom stereocenters. The molecule has 0 spiro atoms. The summed E-state index contributed by atoms with van der Waals surface area (Å²) in [5, 5.41) is 8.21. The zero-order valence-electron chi connectivity index (χ0n) is 8.28. The molecule has 0 heterocycles. The van der Waals surface area contributed by atoms with Crippen LogP contribution in [-0.4, -0.2) is 24.1 Å². The first kappa shape index (κ1) is 12.4. The minimum Gasteiger partial charge on any atom is -0.496 e. The van der Waals surface area contributed by atoms with Crippen LogP contribution in [0.2, 0.25) is 0 Å². The summed E-state index contributed by atoms with van der Waals surface area (Å²) in [6.45, 7) is 0. The summed E-state index contributed by atoms with van der Waals surface area (Å²) in [6, 6.07) is 5.12. The van der Waals surface area contributed by atoms with E-state index in [2.05, 4.69) is 4.74 Å². The fourth-order valence-electron chi connectivity index (χ4n) is 1.18. The highest BCUT2D eigenvalue weighted by Crippen LogP contribution is 2.39. The summed E-state index contributed by atoms with van der Waals surface area (Å²) < 4.78 is 43.9. The number of carbonyl (C=O) groups is 1. The molecule has 0 amide bonds. The summed E-state index contributed by atoms with van der Waals surface area (Å²) in [5.41, 5.74) is -0.489. The first-order chi connectivity index (χ1) is 7.41. The SMILES string of the molecule is COc1ccccc1C(F)C(F)(F)C(=O)O. The van der Waals surface area contributed by atoms with E-state index in [4.69, 9.17) is 5.11 Å². The van der Waals surface area contributed by atoms with Gasteiger partial charge in [-0.05, 0) is 6.07 Å². The summed E-state index contributed by atoms with van der Waals surface area (Å²) in [5.74, 6) is -7.10. The molecule has 6 heteroatoms. The van der Waals surface area contributed by atoms with Gasteiger partial charge in [-0.25, -0.2) is 9.18 Å². The van der Waals surface area contributed by atoms with Gasteiger partial charge in [-0.3, -0.25) is 0 Å². The molecule has 0 aliphatic rings. The number of carboxylic acid groups (broad SMARTS) is 1. The fourth-order valence-corrected chi connectivity index (χ4v) is 1.18. The Labute approximate surface area is 89.5 Å². The molecule has 1 atom stereocenters. The number of ether oxygens (including phenoxy) is 1. The molecular weight excluding hydrogens is 225 g/mol. The third-order valence-corrected chi connectivity index (χ3v) is 2.02. The zero-order valence-corrected chi connectivity index (χ0v) is 8.28. The molecule has 0 aliphatic carbocycles. The lowest BCUT2D eigenvalue weighted by Crippen LogP contribution is -2.33. The van der Waals surface area contributed by atoms with Crippen molar-refractivity contribution in [1.82, 2.24) is 0 Å². The number of aliphatic carboxylic acids is 1. The summed E-state index contributed by atoms with van der Waals surface area (Å²) in [7, 11) is 1.18. The normalized spacial score (nSPS) is 13.2. The molecule has 1 rings (SSSR count). The van der Waals surface area contributed by atoms with Gasteiger partial charge < -0.3 is 9.84 Å². The number of para-hydroxylation sites is 1. The van der Waals surface area contributed by atoms with Crippen LogP contribution >= 0.6 is 0 Å². The number of hydrogen-bond donors (Lipinski definition) is 1. The van der Waals surface area contributed by atoms with Crippen LogP contribution in [0.1, 0.15) is 11.7 Å². The topological polar surface area (TPSA) is 46.5 Å². The van der Waals surface area contributed by atoms with Crippen molar-refractivity contribution < 1.29 is 27.8 Å². The molecule has 0 saturated heterocycles. The lowest BCUT2D eigenvalue weighted by Gasteiger charge is -2.18. The average Bonchev–Trinajstić information content (AvgIpc) is 2.27. The largest absolute Gasteiger partial charge is 0.496 e. The van der Waals surface area contributed by atoms with Crippen LogP contribution in [0.25, 0.3) is 0 Å². The maximum Gasteiger partial charge on any atom is 0.378 e. The van der Waals surface area contributed by atoms with E-state index >= 15 is 0 Å². The molecule has 0 aromatic heterocycles. The van der Waals surface area contributed by atoms with Gasteiger partial charge in [0.2, 0.25) is 6.17 Å². The minimum atomic E-state index is -4.48. The smallest absolute Gasteiger partial charge is 0.378 e. The third kappa shape index (κ3) is 2.10. The van der Waals surface area contributed by atoms with Gasteiger partial charge in [0, 0.05) is 5.56 Å². The Balaban J connectivity index is 3.14. The van der Waals surface area contributed by atoms with E-state index in [1.165, 1.54) is 25.3 Å². The van der Waals surface area contributed by atoms with Gasteiger partial charge >= 0.3 is 11.9 Å². The second-order valence-corrected chi connectivity index (χ2v) is 3.03. The zero-order chi connectivity index (χ0) is 12.3. The second-order valence-electron chi connectivity index (χ2n) is 3.03. The maximum atomic E-state index is 13.4. The molecule has 0 radical (unpaired) electrons. The fraction of sp³-hybridized carbons (Fsp3) is 0.300. The van der Waals surface area contributed by atoms with Gasteiger partial charge in [0.15, 0.2) is 0 Å². The number of carboxylic acids is 1. The molecule has 3 nitrogen and oxygen atoms in total. The quantitative estimate of drug-likeness (QED) is 0.870. The van der Waals surface area contributed by atoms with E-state index in [1.807, 2.05) is 0 Å². The molecule has 0 saturated carbocycles. The predicted octanol–water partition coefficient (Wildman–Crippen LogP) is 2.43. The van der Waals surface area contributed by atoms with Crippen LogP contribution < -0.4 is 4.74 Å². The second kappa shape index (κ2) is 4.42. The van der Waals surface area contributed by atoms with E-state index in [-0.39, 0.29) is 5.75 Å². The van der Waals surface area contributed by atoms with Crippen molar-refractivity contribution in [2.75, 3.05) is 7.11 Å². The monoisotopic (exact) mass is 234 g/mol. The molecule has 0 aliphatic heterocycles. The van der Waals surface area contributed by atoms with E-state index in [1.54, 1.807) is 0 Å². The molecule has 1 aromatic carbocycles. The lowest BCUT2D eigenvalue weighted by atomic mass is 10.0. The van der Waals surface area contributed by atoms with E-state index < -0.39 is 23.6 Å². The van der Waals surface area contributed by atoms with Crippen LogP contribution in [0.3, 0.4) is 0 Å². The van der Waals surface area contributed by atoms with Crippen molar-refractivity contribution in [3.8, 4) is 5.75 Å². The highest BCUT2D eigenvalue weighted by atomic mass is 19.3. The predicted molar refractivity (Wildman–Crippen MR) is 49.4 cm³/mol. The van der Waals surface area contributed by atoms with Crippen LogP contribution in [-0.2, 0) is 4.79 Å². The van der Waals surface area contributed by atoms with Crippen molar-refractivity contribution >= 4 is 5.97 Å². The number of rotatable bonds is 4. The van der Waals surface area contributed by atoms with E-state index in [9.17, 15) is 18.0 Å². The number of benzene rings is 1. The molecule has 1 aromatic rings. The first-order valence-corrected chi connectivity index (χ1v) is 4.29. The number of methoxy groups -OCH3 is 1. The van der Waals surface area contributed by atoms with Crippen molar-refractivity contribution in [2.24, 2.45) is 0 Å². The van der Waals surface area contributed by atoms with Gasteiger partial charge in [-0.15, -0.1) is 0 Å². The van der Waals surface area contributed by atoms with Gasteiger partial charge in [0.25, 0.3) is 0 Å². The van der Waals surface area contributed by atoms with Crippen molar-refractivity contribution in [1.29, 1.82) is 0 Å². The Bertz CT molecular complexity index is 393. The standard InChI is InChI=1S/C10H9F3O3/c1-16-7-5-3-2-4-6(7)8(11)10(12,13)9(14)15/h2-5,8H,1H3,(H,14,15). The van der Waals surface area contributed by atoms with E-state index in [0.717, 1.165) is 6.07 Å². The molecule has 88 valence electrons. The Morgan fingerprint density at radius 1 is 1.44 bits per heavy atom. The van der Waals surface area contributed by atoms with Gasteiger partial charge in [-0.2, -0.15) is 8.78 Å². The third-order valence-electron chi connectivity index (χ3n) is 2.02. The molecular formula is C10H9F3O3. The highest BCUT2D eigenvalue weighted by molar-refractivity contribution is 5.76. The average molecular weight is 234 g/mol. The van der Waals surface area contributed by atoms with Crippen LogP contribution in [0.5, 0.6) is 5.75 Å². The lowest BCUT2D eigenvalue weighted by molar-refractivity contribution is -0.175. The molecule has 16 heavy (non-hydrogen) atoms. The maximum absolute atomic E-state index is 13.4. The molecule has 0 fully saturated rings. The first-order valence-electron chi connectivity index (χ1n) is 4.29. The van der Waals surface area contributed by atoms with Crippen molar-refractivity contribution in [3.63, 3.8) is 0 Å². The Kier molecular flexibility index (Phi) is 3.41. The number of halogens is 3. The van der Waals surface area contributed by atoms with Gasteiger partial charge in [0.1, 0.15) is 5.75 Å². The number of alkyl halides is 3. The number of hydrogen-bond acceptors (Lipinski definition) is 2. The summed E-state index contributed by atoms with van der Waals surface area (Å²) in [4.78, 5) is 10.2. The van der Waals surface area contributed by atoms with Gasteiger partial charge in [-0.1, -0.05) is 18.2 Å².